The van der Waals surface area contributed by atoms with Gasteiger partial charge in [0.15, 0.2) is 0 Å². The zero-order valence-electron chi connectivity index (χ0n) is 13.2. The number of rotatable bonds is 1. The lowest BCUT2D eigenvalue weighted by Gasteiger charge is -2.31. The molecule has 0 aliphatic rings. The Kier molecular flexibility index (Phi) is 16.1. The summed E-state index contributed by atoms with van der Waals surface area (Å²) in [7, 11) is -4.33. The van der Waals surface area contributed by atoms with Gasteiger partial charge in [-0.05, 0) is 27.7 Å². The van der Waals surface area contributed by atoms with Crippen LogP contribution in [0.2, 0.25) is 0 Å². The fraction of sp³-hybridized carbons (Fsp3) is 0.500. The molecule has 0 saturated carbocycles. The van der Waals surface area contributed by atoms with Gasteiger partial charge in [-0.25, -0.2) is 0 Å². The molecule has 0 radical (unpaired) electrons. The first-order chi connectivity index (χ1) is 9.71. The van der Waals surface area contributed by atoms with Gasteiger partial charge in [0.25, 0.3) is 0 Å². The van der Waals surface area contributed by atoms with Crippen molar-refractivity contribution in [2.24, 2.45) is 0 Å². The molecule has 0 atom stereocenters. The van der Waals surface area contributed by atoms with E-state index in [1.165, 1.54) is 0 Å². The highest BCUT2D eigenvalue weighted by Crippen LogP contribution is 2.19. The molecule has 8 nitrogen and oxygen atoms in total. The quantitative estimate of drug-likeness (QED) is 0.279. The van der Waals surface area contributed by atoms with Crippen LogP contribution in [0.4, 0.5) is 0 Å². The van der Waals surface area contributed by atoms with E-state index >= 15 is 0 Å². The van der Waals surface area contributed by atoms with Gasteiger partial charge in [0.05, 0.1) is 11.2 Å². The van der Waals surface area contributed by atoms with Gasteiger partial charge in [0.1, 0.15) is 0 Å². The summed E-state index contributed by atoms with van der Waals surface area (Å²) in [6.45, 7) is 6.31. The smallest absolute Gasteiger partial charge is 0.402 e. The van der Waals surface area contributed by atoms with Crippen LogP contribution in [0.1, 0.15) is 27.7 Å². The Morgan fingerprint density at radius 1 is 0.500 bits per heavy atom. The van der Waals surface area contributed by atoms with Gasteiger partial charge in [0.2, 0.25) is 0 Å². The van der Waals surface area contributed by atoms with E-state index in [1.807, 2.05) is 36.4 Å². The van der Waals surface area contributed by atoms with Crippen LogP contribution in [0, 0.1) is 0 Å². The maximum absolute atomic E-state index is 9.10. The molecule has 0 spiro atoms. The van der Waals surface area contributed by atoms with Crippen LogP contribution in [0.5, 0.6) is 0 Å². The first kappa shape index (κ1) is 26.0. The minimum absolute atomic E-state index is 1.01. The highest BCUT2D eigenvalue weighted by molar-refractivity contribution is 6.30. The summed E-state index contributed by atoms with van der Waals surface area (Å²) in [4.78, 5) is 0. The summed E-state index contributed by atoms with van der Waals surface area (Å²) in [6.07, 6.45) is 0. The van der Waals surface area contributed by atoms with Gasteiger partial charge >= 0.3 is 14.6 Å². The summed E-state index contributed by atoms with van der Waals surface area (Å²) >= 11 is 0. The van der Waals surface area contributed by atoms with Gasteiger partial charge in [-0.15, -0.1) is 0 Å². The average Bonchev–Trinajstić information content (AvgIpc) is 2.27. The molecule has 0 amide bonds. The molecule has 22 heavy (non-hydrogen) atoms. The van der Waals surface area contributed by atoms with Crippen molar-refractivity contribution in [1.29, 1.82) is 0 Å². The molecule has 0 heterocycles. The molecule has 0 fully saturated rings. The lowest BCUT2D eigenvalue weighted by atomic mass is 9.90. The van der Waals surface area contributed by atoms with Crippen molar-refractivity contribution >= 4 is 14.6 Å². The van der Waals surface area contributed by atoms with Crippen LogP contribution in [-0.4, -0.2) is 66.2 Å². The molecule has 1 aromatic carbocycles. The Morgan fingerprint density at radius 2 is 0.591 bits per heavy atom. The highest BCUT2D eigenvalue weighted by atomic mass is 16.5. The molecule has 0 aliphatic heterocycles. The minimum atomic E-state index is -2.17. The maximum atomic E-state index is 9.10. The molecule has 10 heteroatoms. The van der Waals surface area contributed by atoms with E-state index in [0.717, 1.165) is 0 Å². The molecule has 0 aliphatic carbocycles. The van der Waals surface area contributed by atoms with Crippen LogP contribution in [0.3, 0.4) is 0 Å². The molecule has 0 aromatic heterocycles. The van der Waals surface area contributed by atoms with Crippen LogP contribution in [-0.2, 0) is 0 Å². The topological polar surface area (TPSA) is 162 Å². The Morgan fingerprint density at radius 3 is 0.636 bits per heavy atom. The van der Waals surface area contributed by atoms with Crippen molar-refractivity contribution < 1.29 is 40.4 Å². The van der Waals surface area contributed by atoms with E-state index in [1.54, 1.807) is 27.7 Å². The first-order valence-corrected chi connectivity index (χ1v) is 6.25. The second kappa shape index (κ2) is 13.7. The number of aliphatic hydroxyl groups is 2. The monoisotopic (exact) mass is 320 g/mol. The van der Waals surface area contributed by atoms with Gasteiger partial charge in [-0.3, -0.25) is 0 Å². The van der Waals surface area contributed by atoms with E-state index < -0.39 is 25.8 Å². The van der Waals surface area contributed by atoms with E-state index in [2.05, 4.69) is 0 Å². The molecular weight excluding hydrogens is 294 g/mol. The molecule has 8 N–H and O–H groups in total. The van der Waals surface area contributed by atoms with E-state index in [0.29, 0.717) is 0 Å². The number of benzene rings is 1. The number of hydrogen-bond acceptors (Lipinski definition) is 8. The minimum Gasteiger partial charge on any atom is -0.402 e. The number of hydrogen-bond donors (Lipinski definition) is 8. The second-order valence-electron chi connectivity index (χ2n) is 4.97. The van der Waals surface area contributed by atoms with Gasteiger partial charge < -0.3 is 40.4 Å². The third-order valence-corrected chi connectivity index (χ3v) is 2.16. The predicted molar refractivity (Wildman–Crippen MR) is 83.9 cm³/mol. The molecule has 0 unspecified atom stereocenters. The Labute approximate surface area is 131 Å². The van der Waals surface area contributed by atoms with Crippen molar-refractivity contribution in [3.63, 3.8) is 0 Å². The van der Waals surface area contributed by atoms with E-state index in [4.69, 9.17) is 40.4 Å². The lowest BCUT2D eigenvalue weighted by Crippen LogP contribution is -2.44. The molecule has 0 saturated heterocycles. The highest BCUT2D eigenvalue weighted by Gasteiger charge is 2.31. The SMILES string of the molecule is CC(C)(O)C(C)(C)O.OB(O)O.OB(O)O.c1ccccc1. The van der Waals surface area contributed by atoms with Crippen LogP contribution >= 0.6 is 0 Å². The van der Waals surface area contributed by atoms with Gasteiger partial charge in [-0.2, -0.15) is 0 Å². The third-order valence-electron chi connectivity index (χ3n) is 2.16. The van der Waals surface area contributed by atoms with Crippen molar-refractivity contribution in [2.45, 2.75) is 38.9 Å². The fourth-order valence-electron chi connectivity index (χ4n) is 0.385. The Bertz CT molecular complexity index is 272. The lowest BCUT2D eigenvalue weighted by molar-refractivity contribution is -0.107. The van der Waals surface area contributed by atoms with Crippen molar-refractivity contribution in [1.82, 2.24) is 0 Å². The standard InChI is InChI=1S/C6H14O2.C6H6.2BH3O3/c1-5(2,7)6(3,4)8;1-2-4-6-5-3-1;2*2-1(3)4/h7-8H,1-4H3;1-6H;2*2-4H. The maximum Gasteiger partial charge on any atom is 0.631 e. The largest absolute Gasteiger partial charge is 0.631 e. The summed E-state index contributed by atoms with van der Waals surface area (Å²) in [6, 6.07) is 12.0. The molecular formula is C12H26B2O8. The molecule has 0 bridgehead atoms. The summed E-state index contributed by atoms with van der Waals surface area (Å²) in [5.41, 5.74) is -2.01. The van der Waals surface area contributed by atoms with E-state index in [-0.39, 0.29) is 0 Å². The van der Waals surface area contributed by atoms with Crippen molar-refractivity contribution in [2.75, 3.05) is 0 Å². The average molecular weight is 320 g/mol. The summed E-state index contributed by atoms with van der Waals surface area (Å²) in [5, 5.41) is 61.2. The molecule has 1 aromatic rings. The first-order valence-electron chi connectivity index (χ1n) is 6.25. The normalized spacial score (nSPS) is 9.82. The molecule has 128 valence electrons. The zero-order valence-corrected chi connectivity index (χ0v) is 13.2. The van der Waals surface area contributed by atoms with Crippen LogP contribution in [0.25, 0.3) is 0 Å². The summed E-state index contributed by atoms with van der Waals surface area (Å²) in [5.74, 6) is 0. The van der Waals surface area contributed by atoms with Crippen LogP contribution in [0.15, 0.2) is 36.4 Å². The summed E-state index contributed by atoms with van der Waals surface area (Å²) < 4.78 is 0. The van der Waals surface area contributed by atoms with Gasteiger partial charge in [-0.1, -0.05) is 36.4 Å². The predicted octanol–water partition coefficient (Wildman–Crippen LogP) is -1.89. The third kappa shape index (κ3) is 31.4. The Hall–Kier alpha value is -0.970. The Balaban J connectivity index is -0.000000230. The van der Waals surface area contributed by atoms with Gasteiger partial charge in [0, 0.05) is 0 Å². The van der Waals surface area contributed by atoms with Crippen molar-refractivity contribution in [3.8, 4) is 0 Å². The fourth-order valence-corrected chi connectivity index (χ4v) is 0.385. The second-order valence-corrected chi connectivity index (χ2v) is 4.97. The van der Waals surface area contributed by atoms with Crippen molar-refractivity contribution in [3.05, 3.63) is 36.4 Å². The van der Waals surface area contributed by atoms with Crippen LogP contribution < -0.4 is 0 Å². The molecule has 1 rings (SSSR count). The zero-order chi connectivity index (χ0) is 18.4. The van der Waals surface area contributed by atoms with E-state index in [9.17, 15) is 0 Å².